The second-order valence-electron chi connectivity index (χ2n) is 7.88. The summed E-state index contributed by atoms with van der Waals surface area (Å²) in [5.41, 5.74) is 17.0. The van der Waals surface area contributed by atoms with Crippen molar-refractivity contribution >= 4 is 5.69 Å². The number of hydrogen-bond donors (Lipinski definition) is 1. The van der Waals surface area contributed by atoms with Gasteiger partial charge in [0, 0.05) is 11.1 Å². The average Bonchev–Trinajstić information content (AvgIpc) is 2.88. The lowest BCUT2D eigenvalue weighted by Crippen LogP contribution is -2.17. The van der Waals surface area contributed by atoms with Gasteiger partial charge in [0.1, 0.15) is 0 Å². The standard InChI is InChI=1S/C25H27N/c1-4-5-13-19-22(26)16-20-18-14-9-10-15-21(18)25(2,3)24(20)23(19)17-11-7-6-8-12-17/h6-12,14-16H,4-5,13,26H2,1-3H3. The molecule has 1 aliphatic rings. The molecule has 2 N–H and O–H groups in total. The fourth-order valence-electron chi connectivity index (χ4n) is 4.55. The predicted molar refractivity (Wildman–Crippen MR) is 112 cm³/mol. The van der Waals surface area contributed by atoms with Crippen LogP contribution < -0.4 is 5.73 Å². The first kappa shape index (κ1) is 16.9. The maximum Gasteiger partial charge on any atom is 0.0359 e. The van der Waals surface area contributed by atoms with E-state index in [1.165, 1.54) is 45.4 Å². The van der Waals surface area contributed by atoms with E-state index >= 15 is 0 Å². The van der Waals surface area contributed by atoms with Crippen LogP contribution in [-0.4, -0.2) is 0 Å². The summed E-state index contributed by atoms with van der Waals surface area (Å²) in [7, 11) is 0. The lowest BCUT2D eigenvalue weighted by atomic mass is 9.76. The number of unbranched alkanes of at least 4 members (excludes halogenated alkanes) is 1. The summed E-state index contributed by atoms with van der Waals surface area (Å²) < 4.78 is 0. The van der Waals surface area contributed by atoms with Crippen LogP contribution in [0.2, 0.25) is 0 Å². The summed E-state index contributed by atoms with van der Waals surface area (Å²) in [6, 6.07) is 21.8. The molecule has 0 amide bonds. The molecule has 1 nitrogen and oxygen atoms in total. The molecule has 1 heteroatoms. The van der Waals surface area contributed by atoms with E-state index in [0.29, 0.717) is 0 Å². The van der Waals surface area contributed by atoms with Crippen LogP contribution in [0, 0.1) is 0 Å². The molecule has 0 saturated heterocycles. The van der Waals surface area contributed by atoms with E-state index in [1.807, 2.05) is 0 Å². The quantitative estimate of drug-likeness (QED) is 0.533. The van der Waals surface area contributed by atoms with Gasteiger partial charge in [-0.1, -0.05) is 81.8 Å². The molecule has 0 aromatic heterocycles. The van der Waals surface area contributed by atoms with E-state index in [0.717, 1.165) is 18.5 Å². The summed E-state index contributed by atoms with van der Waals surface area (Å²) >= 11 is 0. The molecule has 132 valence electrons. The van der Waals surface area contributed by atoms with Gasteiger partial charge in [0.05, 0.1) is 0 Å². The van der Waals surface area contributed by atoms with Gasteiger partial charge in [-0.15, -0.1) is 0 Å². The Morgan fingerprint density at radius 2 is 1.58 bits per heavy atom. The minimum atomic E-state index is -0.0221. The molecule has 0 fully saturated rings. The third-order valence-corrected chi connectivity index (χ3v) is 5.83. The Morgan fingerprint density at radius 1 is 0.885 bits per heavy atom. The zero-order valence-corrected chi connectivity index (χ0v) is 16.0. The van der Waals surface area contributed by atoms with Crippen LogP contribution in [0.5, 0.6) is 0 Å². The summed E-state index contributed by atoms with van der Waals surface area (Å²) in [5.74, 6) is 0. The molecular weight excluding hydrogens is 314 g/mol. The van der Waals surface area contributed by atoms with Crippen molar-refractivity contribution in [2.45, 2.75) is 45.4 Å². The van der Waals surface area contributed by atoms with Crippen molar-refractivity contribution in [2.75, 3.05) is 5.73 Å². The first-order valence-electron chi connectivity index (χ1n) is 9.66. The third kappa shape index (κ3) is 2.46. The minimum Gasteiger partial charge on any atom is -0.398 e. The van der Waals surface area contributed by atoms with Crippen LogP contribution in [0.25, 0.3) is 22.3 Å². The average molecular weight is 341 g/mol. The molecule has 0 unspecified atom stereocenters. The van der Waals surface area contributed by atoms with E-state index in [1.54, 1.807) is 0 Å². The molecule has 3 aromatic rings. The van der Waals surface area contributed by atoms with E-state index in [-0.39, 0.29) is 5.41 Å². The van der Waals surface area contributed by atoms with Crippen molar-refractivity contribution < 1.29 is 0 Å². The van der Waals surface area contributed by atoms with Gasteiger partial charge >= 0.3 is 0 Å². The minimum absolute atomic E-state index is 0.0221. The van der Waals surface area contributed by atoms with Gasteiger partial charge in [0.25, 0.3) is 0 Å². The molecule has 26 heavy (non-hydrogen) atoms. The normalized spacial score (nSPS) is 14.1. The van der Waals surface area contributed by atoms with E-state index in [4.69, 9.17) is 5.73 Å². The summed E-state index contributed by atoms with van der Waals surface area (Å²) in [6.45, 7) is 6.94. The second-order valence-corrected chi connectivity index (χ2v) is 7.88. The summed E-state index contributed by atoms with van der Waals surface area (Å²) in [4.78, 5) is 0. The highest BCUT2D eigenvalue weighted by atomic mass is 14.6. The topological polar surface area (TPSA) is 26.0 Å². The molecule has 1 aliphatic carbocycles. The fraction of sp³-hybridized carbons (Fsp3) is 0.280. The van der Waals surface area contributed by atoms with Crippen LogP contribution in [0.15, 0.2) is 60.7 Å². The molecule has 4 rings (SSSR count). The predicted octanol–water partition coefficient (Wildman–Crippen LogP) is 6.58. The second kappa shape index (κ2) is 6.32. The largest absolute Gasteiger partial charge is 0.398 e. The van der Waals surface area contributed by atoms with E-state index < -0.39 is 0 Å². The van der Waals surface area contributed by atoms with Crippen molar-refractivity contribution in [2.24, 2.45) is 0 Å². The van der Waals surface area contributed by atoms with Crippen molar-refractivity contribution in [1.29, 1.82) is 0 Å². The zero-order valence-electron chi connectivity index (χ0n) is 16.0. The Morgan fingerprint density at radius 3 is 2.31 bits per heavy atom. The van der Waals surface area contributed by atoms with Crippen molar-refractivity contribution in [3.8, 4) is 22.3 Å². The van der Waals surface area contributed by atoms with E-state index in [2.05, 4.69) is 81.4 Å². The Bertz CT molecular complexity index is 951. The van der Waals surface area contributed by atoms with E-state index in [9.17, 15) is 0 Å². The highest BCUT2D eigenvalue weighted by Crippen LogP contribution is 2.54. The maximum absolute atomic E-state index is 6.62. The Kier molecular flexibility index (Phi) is 4.11. The molecule has 0 spiro atoms. The number of anilines is 1. The van der Waals surface area contributed by atoms with Crippen LogP contribution in [0.3, 0.4) is 0 Å². The zero-order chi connectivity index (χ0) is 18.3. The third-order valence-electron chi connectivity index (χ3n) is 5.83. The molecule has 3 aromatic carbocycles. The molecule has 0 radical (unpaired) electrons. The van der Waals surface area contributed by atoms with Gasteiger partial charge in [0.2, 0.25) is 0 Å². The lowest BCUT2D eigenvalue weighted by Gasteiger charge is -2.27. The Hall–Kier alpha value is -2.54. The Labute approximate surface area is 156 Å². The SMILES string of the molecule is CCCCc1c(N)cc2c(c1-c1ccccc1)C(C)(C)c1ccccc1-2. The molecular formula is C25H27N. The Balaban J connectivity index is 2.08. The molecule has 0 aliphatic heterocycles. The maximum atomic E-state index is 6.62. The number of hydrogen-bond acceptors (Lipinski definition) is 1. The van der Waals surface area contributed by atoms with Crippen LogP contribution >= 0.6 is 0 Å². The number of benzene rings is 3. The molecule has 0 saturated carbocycles. The highest BCUT2D eigenvalue weighted by molar-refractivity contribution is 5.92. The van der Waals surface area contributed by atoms with Crippen molar-refractivity contribution in [3.05, 3.63) is 77.4 Å². The monoisotopic (exact) mass is 341 g/mol. The van der Waals surface area contributed by atoms with Crippen molar-refractivity contribution in [1.82, 2.24) is 0 Å². The van der Waals surface area contributed by atoms with Gasteiger partial charge in [-0.25, -0.2) is 0 Å². The first-order chi connectivity index (χ1) is 12.6. The smallest absolute Gasteiger partial charge is 0.0359 e. The summed E-state index contributed by atoms with van der Waals surface area (Å²) in [6.07, 6.45) is 3.37. The molecule has 0 bridgehead atoms. The van der Waals surface area contributed by atoms with Crippen LogP contribution in [0.1, 0.15) is 50.3 Å². The van der Waals surface area contributed by atoms with Crippen LogP contribution in [0.4, 0.5) is 5.69 Å². The van der Waals surface area contributed by atoms with Gasteiger partial charge in [-0.05, 0) is 57.9 Å². The lowest BCUT2D eigenvalue weighted by molar-refractivity contribution is 0.660. The fourth-order valence-corrected chi connectivity index (χ4v) is 4.55. The highest BCUT2D eigenvalue weighted by Gasteiger charge is 2.38. The van der Waals surface area contributed by atoms with Gasteiger partial charge < -0.3 is 5.73 Å². The number of nitrogen functional groups attached to an aromatic ring is 1. The first-order valence-corrected chi connectivity index (χ1v) is 9.66. The van der Waals surface area contributed by atoms with Crippen LogP contribution in [-0.2, 0) is 11.8 Å². The molecule has 0 atom stereocenters. The number of fused-ring (bicyclic) bond motifs is 3. The number of nitrogens with two attached hydrogens (primary N) is 1. The van der Waals surface area contributed by atoms with Gasteiger partial charge in [-0.3, -0.25) is 0 Å². The van der Waals surface area contributed by atoms with Gasteiger partial charge in [-0.2, -0.15) is 0 Å². The number of rotatable bonds is 4. The van der Waals surface area contributed by atoms with Gasteiger partial charge in [0.15, 0.2) is 0 Å². The summed E-state index contributed by atoms with van der Waals surface area (Å²) in [5, 5.41) is 0. The molecule has 0 heterocycles. The van der Waals surface area contributed by atoms with Crippen molar-refractivity contribution in [3.63, 3.8) is 0 Å².